The third-order valence-corrected chi connectivity index (χ3v) is 7.75. The van der Waals surface area contributed by atoms with E-state index in [2.05, 4.69) is 53.5 Å². The van der Waals surface area contributed by atoms with E-state index < -0.39 is 15.9 Å². The SMILES string of the molecule is CCc1ccncc1-c1cc2ccc(OC(C)(S)CC(C)(C)OC(=O)C(C)(CC(C)(C)C)C(C)(C)C)cc2o1. The average Bonchev–Trinajstić information content (AvgIpc) is 3.18. The van der Waals surface area contributed by atoms with E-state index in [1.165, 1.54) is 5.56 Å². The molecule has 1 aromatic carbocycles. The average molecular weight is 554 g/mol. The van der Waals surface area contributed by atoms with E-state index >= 15 is 0 Å². The molecule has 214 valence electrons. The molecule has 3 aromatic rings. The second-order valence-corrected chi connectivity index (χ2v) is 15.1. The van der Waals surface area contributed by atoms with Gasteiger partial charge >= 0.3 is 5.97 Å². The van der Waals surface area contributed by atoms with Crippen LogP contribution < -0.4 is 4.74 Å². The number of fused-ring (bicyclic) bond motifs is 1. The fraction of sp³-hybridized carbons (Fsp3) is 0.576. The molecule has 2 atom stereocenters. The predicted molar refractivity (Wildman–Crippen MR) is 163 cm³/mol. The molecular weight excluding hydrogens is 506 g/mol. The lowest BCUT2D eigenvalue weighted by Gasteiger charge is -2.45. The highest BCUT2D eigenvalue weighted by Gasteiger charge is 2.49. The number of rotatable bonds is 9. The van der Waals surface area contributed by atoms with Crippen LogP contribution in [0.4, 0.5) is 0 Å². The van der Waals surface area contributed by atoms with Crippen LogP contribution in [0.2, 0.25) is 0 Å². The van der Waals surface area contributed by atoms with Crippen LogP contribution in [0.3, 0.4) is 0 Å². The van der Waals surface area contributed by atoms with Crippen LogP contribution in [0.25, 0.3) is 22.3 Å². The molecule has 0 amide bonds. The Balaban J connectivity index is 1.78. The van der Waals surface area contributed by atoms with Crippen LogP contribution in [-0.2, 0) is 16.0 Å². The number of carbonyl (C=O) groups is 1. The lowest BCUT2D eigenvalue weighted by molar-refractivity contribution is -0.180. The molecule has 0 spiro atoms. The number of thiol groups is 1. The van der Waals surface area contributed by atoms with Gasteiger partial charge in [0.1, 0.15) is 22.7 Å². The van der Waals surface area contributed by atoms with Gasteiger partial charge in [-0.05, 0) is 81.2 Å². The van der Waals surface area contributed by atoms with E-state index in [0.717, 1.165) is 35.1 Å². The first-order chi connectivity index (χ1) is 17.8. The Morgan fingerprint density at radius 3 is 2.21 bits per heavy atom. The lowest BCUT2D eigenvalue weighted by atomic mass is 9.61. The first kappa shape index (κ1) is 31.1. The second-order valence-electron chi connectivity index (χ2n) is 14.1. The van der Waals surface area contributed by atoms with Gasteiger partial charge in [0.25, 0.3) is 0 Å². The fourth-order valence-corrected chi connectivity index (χ4v) is 5.83. The number of aromatic nitrogens is 1. The van der Waals surface area contributed by atoms with Crippen molar-refractivity contribution in [3.63, 3.8) is 0 Å². The van der Waals surface area contributed by atoms with Gasteiger partial charge in [0, 0.05) is 35.8 Å². The first-order valence-corrected chi connectivity index (χ1v) is 14.3. The number of esters is 1. The van der Waals surface area contributed by atoms with Crippen LogP contribution in [0.1, 0.15) is 94.6 Å². The minimum atomic E-state index is -0.895. The van der Waals surface area contributed by atoms with E-state index in [-0.39, 0.29) is 16.8 Å². The van der Waals surface area contributed by atoms with Gasteiger partial charge in [-0.1, -0.05) is 48.5 Å². The molecule has 5 nitrogen and oxygen atoms in total. The maximum atomic E-state index is 13.7. The highest BCUT2D eigenvalue weighted by atomic mass is 32.1. The molecule has 0 radical (unpaired) electrons. The number of nitrogens with zero attached hydrogens (tertiary/aromatic N) is 1. The van der Waals surface area contributed by atoms with Gasteiger partial charge in [-0.15, -0.1) is 12.6 Å². The summed E-state index contributed by atoms with van der Waals surface area (Å²) in [6, 6.07) is 9.83. The summed E-state index contributed by atoms with van der Waals surface area (Å²) in [5.74, 6) is 1.23. The van der Waals surface area contributed by atoms with Gasteiger partial charge in [0.15, 0.2) is 4.93 Å². The normalized spacial score (nSPS) is 16.0. The predicted octanol–water partition coefficient (Wildman–Crippen LogP) is 9.28. The Hall–Kier alpha value is -2.47. The summed E-state index contributed by atoms with van der Waals surface area (Å²) in [6.45, 7) is 22.7. The van der Waals surface area contributed by atoms with Crippen molar-refractivity contribution >= 4 is 29.6 Å². The molecule has 3 rings (SSSR count). The summed E-state index contributed by atoms with van der Waals surface area (Å²) in [4.78, 5) is 17.0. The number of hydrogen-bond donors (Lipinski definition) is 1. The van der Waals surface area contributed by atoms with Gasteiger partial charge < -0.3 is 13.9 Å². The van der Waals surface area contributed by atoms with Gasteiger partial charge in [-0.2, -0.15) is 0 Å². The maximum Gasteiger partial charge on any atom is 0.312 e. The molecule has 2 aromatic heterocycles. The zero-order valence-electron chi connectivity index (χ0n) is 25.7. The number of aryl methyl sites for hydroxylation is 1. The summed E-state index contributed by atoms with van der Waals surface area (Å²) in [5.41, 5.74) is 1.18. The van der Waals surface area contributed by atoms with Crippen molar-refractivity contribution in [3.05, 3.63) is 48.3 Å². The van der Waals surface area contributed by atoms with Crippen molar-refractivity contribution in [3.8, 4) is 17.1 Å². The molecule has 0 saturated carbocycles. The zero-order chi connectivity index (χ0) is 29.4. The number of carbonyl (C=O) groups excluding carboxylic acids is 1. The number of furan rings is 1. The summed E-state index contributed by atoms with van der Waals surface area (Å²) >= 11 is 4.84. The molecule has 0 N–H and O–H groups in total. The summed E-state index contributed by atoms with van der Waals surface area (Å²) in [6.07, 6.45) is 5.65. The zero-order valence-corrected chi connectivity index (χ0v) is 26.6. The van der Waals surface area contributed by atoms with E-state index in [9.17, 15) is 4.79 Å². The van der Waals surface area contributed by atoms with E-state index in [1.807, 2.05) is 64.2 Å². The van der Waals surface area contributed by atoms with Crippen molar-refractivity contribution < 1.29 is 18.7 Å². The molecule has 0 bridgehead atoms. The summed E-state index contributed by atoms with van der Waals surface area (Å²) in [5, 5.41) is 0.985. The van der Waals surface area contributed by atoms with E-state index in [4.69, 9.17) is 26.5 Å². The van der Waals surface area contributed by atoms with Crippen LogP contribution in [0.15, 0.2) is 47.1 Å². The Morgan fingerprint density at radius 1 is 0.949 bits per heavy atom. The Kier molecular flexibility index (Phi) is 8.63. The van der Waals surface area contributed by atoms with Crippen molar-refractivity contribution in [2.45, 2.75) is 106 Å². The first-order valence-electron chi connectivity index (χ1n) is 13.9. The third kappa shape index (κ3) is 7.59. The molecule has 0 saturated heterocycles. The molecule has 2 heterocycles. The highest BCUT2D eigenvalue weighted by molar-refractivity contribution is 7.81. The Bertz CT molecular complexity index is 1310. The third-order valence-electron chi connectivity index (χ3n) is 7.50. The van der Waals surface area contributed by atoms with Gasteiger partial charge in [-0.25, -0.2) is 0 Å². The fourth-order valence-electron chi connectivity index (χ4n) is 5.34. The Morgan fingerprint density at radius 2 is 1.62 bits per heavy atom. The van der Waals surface area contributed by atoms with Crippen molar-refractivity contribution in [1.82, 2.24) is 4.98 Å². The van der Waals surface area contributed by atoms with Crippen molar-refractivity contribution in [2.75, 3.05) is 0 Å². The number of hydrogen-bond acceptors (Lipinski definition) is 6. The molecule has 0 aliphatic carbocycles. The number of benzene rings is 1. The minimum absolute atomic E-state index is 0.0220. The summed E-state index contributed by atoms with van der Waals surface area (Å²) < 4.78 is 18.7. The van der Waals surface area contributed by atoms with E-state index in [1.54, 1.807) is 6.20 Å². The minimum Gasteiger partial charge on any atom is -0.477 e. The lowest BCUT2D eigenvalue weighted by Crippen LogP contribution is -2.48. The second kappa shape index (κ2) is 10.8. The molecule has 2 unspecified atom stereocenters. The van der Waals surface area contributed by atoms with Crippen molar-refractivity contribution in [2.24, 2.45) is 16.2 Å². The molecule has 0 fully saturated rings. The number of ether oxygens (including phenoxy) is 2. The molecular formula is C33H47NO4S. The van der Waals surface area contributed by atoms with Crippen LogP contribution in [0.5, 0.6) is 5.75 Å². The topological polar surface area (TPSA) is 61.6 Å². The van der Waals surface area contributed by atoms with Crippen molar-refractivity contribution in [1.29, 1.82) is 0 Å². The monoisotopic (exact) mass is 553 g/mol. The maximum absolute atomic E-state index is 13.7. The van der Waals surface area contributed by atoms with Gasteiger partial charge in [0.2, 0.25) is 0 Å². The molecule has 6 heteroatoms. The van der Waals surface area contributed by atoms with Gasteiger partial charge in [-0.3, -0.25) is 9.78 Å². The van der Waals surface area contributed by atoms with Crippen LogP contribution in [-0.4, -0.2) is 21.5 Å². The molecule has 39 heavy (non-hydrogen) atoms. The Labute approximate surface area is 240 Å². The van der Waals surface area contributed by atoms with Crippen LogP contribution in [0, 0.1) is 16.2 Å². The quantitative estimate of drug-likeness (QED) is 0.162. The standard InChI is InChI=1S/C33H47NO4S/c1-12-22-15-16-34-19-25(22)27-17-23-13-14-24(18-26(23)36-27)37-33(11,39)21-31(8,9)38-28(35)32(10,30(5,6)7)20-29(2,3)4/h13-19,39H,12,20-21H2,1-11H3. The van der Waals surface area contributed by atoms with E-state index in [0.29, 0.717) is 12.2 Å². The number of pyridine rings is 1. The highest BCUT2D eigenvalue weighted by Crippen LogP contribution is 2.48. The largest absolute Gasteiger partial charge is 0.477 e. The molecule has 0 aliphatic rings. The van der Waals surface area contributed by atoms with Gasteiger partial charge in [0.05, 0.1) is 5.41 Å². The molecule has 0 aliphatic heterocycles. The van der Waals surface area contributed by atoms with Crippen LogP contribution >= 0.6 is 12.6 Å². The summed E-state index contributed by atoms with van der Waals surface area (Å²) in [7, 11) is 0. The smallest absolute Gasteiger partial charge is 0.312 e.